The van der Waals surface area contributed by atoms with Crippen LogP contribution >= 0.6 is 0 Å². The molecule has 122 heavy (non-hydrogen) atoms. The first-order valence-corrected chi connectivity index (χ1v) is 57.9. The first-order chi connectivity index (χ1) is 58.1. The molecular formula is C114H170N4Si4. The molecule has 0 radical (unpaired) electrons. The molecule has 8 heteroatoms. The van der Waals surface area contributed by atoms with Crippen molar-refractivity contribution in [3.8, 4) is 93.2 Å². The van der Waals surface area contributed by atoms with E-state index < -0.39 is 32.3 Å². The highest BCUT2D eigenvalue weighted by molar-refractivity contribution is 6.92. The molecule has 0 saturated heterocycles. The maximum Gasteiger partial charge on any atom is 0.146 e. The molecule has 0 N–H and O–H groups in total. The zero-order valence-corrected chi connectivity index (χ0v) is 87.8. The van der Waals surface area contributed by atoms with Gasteiger partial charge in [0.1, 0.15) is 32.3 Å². The van der Waals surface area contributed by atoms with Crippen molar-refractivity contribution < 1.29 is 0 Å². The third-order valence-electron chi connectivity index (χ3n) is 27.3. The smallest absolute Gasteiger partial charge is 0.146 e. The van der Waals surface area contributed by atoms with Gasteiger partial charge >= 0.3 is 0 Å². The van der Waals surface area contributed by atoms with Gasteiger partial charge in [-0.1, -0.05) is 344 Å². The molecule has 0 unspecified atom stereocenters. The molecule has 0 aliphatic carbocycles. The summed E-state index contributed by atoms with van der Waals surface area (Å²) >= 11 is 0. The molecule has 0 spiro atoms. The van der Waals surface area contributed by atoms with E-state index in [1.807, 2.05) is 0 Å². The lowest BCUT2D eigenvalue weighted by atomic mass is 9.96. The molecule has 662 valence electrons. The zero-order valence-electron chi connectivity index (χ0n) is 83.8. The van der Waals surface area contributed by atoms with Gasteiger partial charge in [0.2, 0.25) is 0 Å². The van der Waals surface area contributed by atoms with E-state index in [0.29, 0.717) is 66.5 Å². The van der Waals surface area contributed by atoms with E-state index in [0.717, 1.165) is 222 Å². The van der Waals surface area contributed by atoms with Gasteiger partial charge in [0, 0.05) is 142 Å². The first kappa shape index (κ1) is 105. The van der Waals surface area contributed by atoms with Gasteiger partial charge in [-0.15, -0.1) is 22.2 Å². The fourth-order valence-electron chi connectivity index (χ4n) is 20.0. The van der Waals surface area contributed by atoms with E-state index in [9.17, 15) is 0 Å². The second-order valence-corrected chi connectivity index (χ2v) is 61.5. The quantitative estimate of drug-likeness (QED) is 0.0286. The summed E-state index contributed by atoms with van der Waals surface area (Å²) in [6, 6.07) is 32.2. The molecule has 5 aromatic carbocycles. The van der Waals surface area contributed by atoms with Crippen molar-refractivity contribution >= 4 is 55.0 Å². The lowest BCUT2D eigenvalue weighted by molar-refractivity contribution is 0.678. The van der Waals surface area contributed by atoms with E-state index >= 15 is 0 Å². The molecule has 0 atom stereocenters. The predicted octanol–water partition coefficient (Wildman–Crippen LogP) is 31.2. The Morgan fingerprint density at radius 3 is 0.443 bits per heavy atom. The Kier molecular flexibility index (Phi) is 44.8. The highest BCUT2D eigenvalue weighted by atomic mass is 28.3. The second kappa shape index (κ2) is 51.9. The summed E-state index contributed by atoms with van der Waals surface area (Å²) in [6.45, 7) is 84.4. The van der Waals surface area contributed by atoms with Crippen LogP contribution in [0.25, 0.3) is 0 Å². The van der Waals surface area contributed by atoms with Crippen LogP contribution in [0, 0.1) is 93.2 Å². The van der Waals surface area contributed by atoms with Crippen molar-refractivity contribution in [1.29, 1.82) is 0 Å². The first-order valence-electron chi connectivity index (χ1n) is 49.0. The van der Waals surface area contributed by atoms with Gasteiger partial charge in [-0.25, -0.2) is 0 Å². The predicted molar refractivity (Wildman–Crippen MR) is 556 cm³/mol. The van der Waals surface area contributed by atoms with Crippen molar-refractivity contribution in [3.05, 3.63) is 152 Å². The SMILES string of the molecule is CCCCN(CCCC)c1ccc(C#Cc2cc(C#Cc3ccc(N(CCCC)CCCC)cc3C#C[Si](C(C)C)(C(C)C)C(C)C)c(C#Cc3ccc(N(CCCC)CCCC)cc3C#C[Si](C(C)C)(C(C)C)C(C)C)cc2C#Cc2ccc(N(CCCC)CCCC)cc2C#C[Si](C(C)C)(C(C)C)C(C)C)c(C#C[Si](C(C)C)(C(C)C)C(C)C)c1. The summed E-state index contributed by atoms with van der Waals surface area (Å²) in [5, 5.41) is 0. The molecule has 0 heterocycles. The standard InChI is InChI=1S/C114H170N4Si4/c1-33-41-69-115(70-42-34-2)111-61-57-99(107(83-111)65-77-119(87(9)10,88(11)12)89(13)14)49-53-103-81-105(55-51-101-59-63-113(117(73-45-37-5)74-46-38-6)85-109(101)67-79-121(93(21)22,94(23)24)95(25)26)106(56-52-102-60-64-114(118(75-47-39-7)76-48-40-8)86-110(102)68-80-122(96(27)28,97(29)30)98(31)32)82-104(103)54-50-100-58-62-112(116(71-43-35-3)72-44-36-4)84-108(100)66-78-120(90(15)16,91(17)18)92(19)20/h57-64,81-98H,33-48,69-76H2,1-32H3. The molecule has 4 nitrogen and oxygen atoms in total. The molecule has 0 saturated carbocycles. The molecule has 0 aliphatic rings. The fourth-order valence-corrected chi connectivity index (χ4v) is 40.9. The Labute approximate surface area is 757 Å². The molecular weight excluding hydrogens is 1540 g/mol. The number of anilines is 4. The average Bonchev–Trinajstić information content (AvgIpc) is 0.710. The van der Waals surface area contributed by atoms with Crippen molar-refractivity contribution in [1.82, 2.24) is 0 Å². The van der Waals surface area contributed by atoms with Crippen molar-refractivity contribution in [2.75, 3.05) is 72.0 Å². The summed E-state index contributed by atoms with van der Waals surface area (Å²) in [5.74, 6) is 47.3. The third kappa shape index (κ3) is 27.8. The topological polar surface area (TPSA) is 13.0 Å². The Morgan fingerprint density at radius 1 is 0.180 bits per heavy atom. The molecule has 0 amide bonds. The minimum Gasteiger partial charge on any atom is -0.372 e. The van der Waals surface area contributed by atoms with Gasteiger partial charge in [-0.05, 0) is 203 Å². The Bertz CT molecular complexity index is 3950. The Morgan fingerprint density at radius 2 is 0.311 bits per heavy atom. The summed E-state index contributed by atoms with van der Waals surface area (Å²) in [5.41, 5.74) is 37.9. The van der Waals surface area contributed by atoms with Gasteiger partial charge in [0.25, 0.3) is 0 Å². The number of nitrogens with zero attached hydrogens (tertiary/aromatic N) is 4. The van der Waals surface area contributed by atoms with Crippen LogP contribution < -0.4 is 19.6 Å². The molecule has 0 aromatic heterocycles. The maximum absolute atomic E-state index is 4.18. The molecule has 0 aliphatic heterocycles. The fraction of sp³-hybridized carbons (Fsp3) is 0.596. The molecule has 0 fully saturated rings. The molecule has 0 bridgehead atoms. The van der Waals surface area contributed by atoms with Gasteiger partial charge in [-0.3, -0.25) is 0 Å². The zero-order chi connectivity index (χ0) is 90.7. The van der Waals surface area contributed by atoms with Gasteiger partial charge in [0.05, 0.1) is 0 Å². The van der Waals surface area contributed by atoms with Gasteiger partial charge in [0.15, 0.2) is 0 Å². The van der Waals surface area contributed by atoms with Gasteiger partial charge < -0.3 is 19.6 Å². The largest absolute Gasteiger partial charge is 0.372 e. The van der Waals surface area contributed by atoms with Crippen LogP contribution in [0.4, 0.5) is 22.7 Å². The van der Waals surface area contributed by atoms with E-state index in [2.05, 4.69) is 419 Å². The van der Waals surface area contributed by atoms with Crippen LogP contribution in [0.2, 0.25) is 66.5 Å². The van der Waals surface area contributed by atoms with Crippen LogP contribution in [0.3, 0.4) is 0 Å². The van der Waals surface area contributed by atoms with Crippen LogP contribution in [0.5, 0.6) is 0 Å². The van der Waals surface area contributed by atoms with Crippen LogP contribution in [0.15, 0.2) is 84.9 Å². The van der Waals surface area contributed by atoms with Crippen LogP contribution in [0.1, 0.15) is 391 Å². The normalized spacial score (nSPS) is 11.8. The molecule has 5 rings (SSSR count). The number of benzene rings is 5. The highest BCUT2D eigenvalue weighted by Crippen LogP contribution is 2.45. The Hall–Kier alpha value is -7.35. The van der Waals surface area contributed by atoms with Gasteiger partial charge in [-0.2, -0.15) is 0 Å². The monoisotopic (exact) mass is 1710 g/mol. The second-order valence-electron chi connectivity index (χ2n) is 39.2. The minimum absolute atomic E-state index is 0.466. The lowest BCUT2D eigenvalue weighted by Gasteiger charge is -2.38. The number of rotatable bonds is 40. The van der Waals surface area contributed by atoms with Crippen LogP contribution in [-0.4, -0.2) is 84.7 Å². The van der Waals surface area contributed by atoms with E-state index in [4.69, 9.17) is 0 Å². The summed E-state index contributed by atoms with van der Waals surface area (Å²) in [6.07, 6.45) is 18.0. The molecule has 5 aromatic rings. The summed E-state index contributed by atoms with van der Waals surface area (Å²) in [4.78, 5) is 10.4. The van der Waals surface area contributed by atoms with Crippen molar-refractivity contribution in [2.24, 2.45) is 0 Å². The van der Waals surface area contributed by atoms with Crippen molar-refractivity contribution in [3.63, 3.8) is 0 Å². The summed E-state index contributed by atoms with van der Waals surface area (Å²) in [7, 11) is -8.81. The van der Waals surface area contributed by atoms with Crippen LogP contribution in [-0.2, 0) is 0 Å². The highest BCUT2D eigenvalue weighted by Gasteiger charge is 2.45. The lowest BCUT2D eigenvalue weighted by Crippen LogP contribution is -2.43. The van der Waals surface area contributed by atoms with E-state index in [1.165, 1.54) is 22.7 Å². The number of hydrogen-bond donors (Lipinski definition) is 0. The average molecular weight is 1710 g/mol. The Balaban J connectivity index is 2.26. The van der Waals surface area contributed by atoms with Crippen molar-refractivity contribution in [2.45, 2.75) is 391 Å². The van der Waals surface area contributed by atoms with E-state index in [-0.39, 0.29) is 0 Å². The number of unbranched alkanes of at least 4 members (excludes halogenated alkanes) is 8. The summed E-state index contributed by atoms with van der Waals surface area (Å²) < 4.78 is 0. The minimum atomic E-state index is -2.20. The maximum atomic E-state index is 4.18. The van der Waals surface area contributed by atoms with E-state index in [1.54, 1.807) is 0 Å². The third-order valence-corrected chi connectivity index (χ3v) is 52.5. The number of hydrogen-bond acceptors (Lipinski definition) is 4.